The van der Waals surface area contributed by atoms with Crippen molar-refractivity contribution in [1.82, 2.24) is 4.98 Å². The summed E-state index contributed by atoms with van der Waals surface area (Å²) in [6.07, 6.45) is 0.133. The van der Waals surface area contributed by atoms with Gasteiger partial charge in [0.25, 0.3) is 5.91 Å². The molecule has 0 bridgehead atoms. The Morgan fingerprint density at radius 1 is 1.21 bits per heavy atom. The third-order valence-corrected chi connectivity index (χ3v) is 4.97. The van der Waals surface area contributed by atoms with E-state index in [0.717, 1.165) is 11.1 Å². The van der Waals surface area contributed by atoms with E-state index >= 15 is 0 Å². The molecule has 0 fully saturated rings. The molecule has 3 rings (SSSR count). The summed E-state index contributed by atoms with van der Waals surface area (Å²) >= 11 is 7.20. The second kappa shape index (κ2) is 9.02. The van der Waals surface area contributed by atoms with Gasteiger partial charge >= 0.3 is 0 Å². The van der Waals surface area contributed by atoms with Gasteiger partial charge in [-0.3, -0.25) is 9.59 Å². The summed E-state index contributed by atoms with van der Waals surface area (Å²) in [5.74, 6) is -1.29. The van der Waals surface area contributed by atoms with Crippen LogP contribution in [0.3, 0.4) is 0 Å². The van der Waals surface area contributed by atoms with E-state index in [-0.39, 0.29) is 28.6 Å². The topological polar surface area (TPSA) is 80.3 Å². The van der Waals surface area contributed by atoms with Crippen LogP contribution in [0.4, 0.5) is 15.8 Å². The van der Waals surface area contributed by atoms with Crippen LogP contribution in [0, 0.1) is 12.7 Å². The molecule has 0 spiro atoms. The van der Waals surface area contributed by atoms with Gasteiger partial charge in [-0.05, 0) is 43.3 Å². The molecule has 1 heterocycles. The maximum atomic E-state index is 14.0. The number of methoxy groups -OCH3 is 1. The largest absolute Gasteiger partial charge is 0.495 e. The molecule has 2 N–H and O–H groups in total. The fourth-order valence-corrected chi connectivity index (χ4v) is 3.38. The van der Waals surface area contributed by atoms with Crippen LogP contribution >= 0.6 is 22.9 Å². The number of anilines is 2. The standard InChI is InChI=1S/C20H17ClFN3O3S/c1-11-23-14(10-29-11)9-19(26)24-13-4-6-18(28-2)17(8-13)25-20(27)15-5-3-12(21)7-16(15)22/h3-8,10H,9H2,1-2H3,(H,24,26)(H,25,27). The number of carbonyl (C=O) groups is 2. The normalized spacial score (nSPS) is 10.5. The lowest BCUT2D eigenvalue weighted by molar-refractivity contribution is -0.115. The van der Waals surface area contributed by atoms with Crippen LogP contribution in [0.2, 0.25) is 5.02 Å². The van der Waals surface area contributed by atoms with Gasteiger partial charge in [0, 0.05) is 16.1 Å². The summed E-state index contributed by atoms with van der Waals surface area (Å²) in [5, 5.41) is 8.25. The highest BCUT2D eigenvalue weighted by Gasteiger charge is 2.15. The third kappa shape index (κ3) is 5.30. The number of halogens is 2. The van der Waals surface area contributed by atoms with Crippen molar-refractivity contribution in [1.29, 1.82) is 0 Å². The predicted octanol–water partition coefficient (Wildman–Crippen LogP) is 4.69. The van der Waals surface area contributed by atoms with E-state index in [9.17, 15) is 14.0 Å². The highest BCUT2D eigenvalue weighted by Crippen LogP contribution is 2.29. The molecule has 9 heteroatoms. The van der Waals surface area contributed by atoms with Crippen molar-refractivity contribution in [2.75, 3.05) is 17.7 Å². The molecule has 1 aromatic heterocycles. The Kier molecular flexibility index (Phi) is 6.46. The van der Waals surface area contributed by atoms with Gasteiger partial charge in [0.05, 0.1) is 35.5 Å². The number of hydrogen-bond acceptors (Lipinski definition) is 5. The van der Waals surface area contributed by atoms with Crippen LogP contribution in [0.5, 0.6) is 5.75 Å². The van der Waals surface area contributed by atoms with E-state index < -0.39 is 11.7 Å². The van der Waals surface area contributed by atoms with E-state index in [1.54, 1.807) is 12.1 Å². The van der Waals surface area contributed by atoms with E-state index in [0.29, 0.717) is 17.1 Å². The van der Waals surface area contributed by atoms with Gasteiger partial charge in [-0.15, -0.1) is 11.3 Å². The maximum absolute atomic E-state index is 14.0. The number of hydrogen-bond donors (Lipinski definition) is 2. The fourth-order valence-electron chi connectivity index (χ4n) is 2.61. The molecule has 0 atom stereocenters. The van der Waals surface area contributed by atoms with Crippen LogP contribution in [0.1, 0.15) is 21.1 Å². The summed E-state index contributed by atoms with van der Waals surface area (Å²) in [6.45, 7) is 1.87. The third-order valence-electron chi connectivity index (χ3n) is 3.92. The minimum absolute atomic E-state index is 0.133. The fraction of sp³-hybridized carbons (Fsp3) is 0.150. The quantitative estimate of drug-likeness (QED) is 0.591. The molecule has 0 aliphatic carbocycles. The molecule has 0 saturated heterocycles. The van der Waals surface area contributed by atoms with Crippen LogP contribution < -0.4 is 15.4 Å². The minimum atomic E-state index is -0.739. The van der Waals surface area contributed by atoms with E-state index in [4.69, 9.17) is 16.3 Å². The molecule has 0 radical (unpaired) electrons. The van der Waals surface area contributed by atoms with Crippen molar-refractivity contribution in [2.45, 2.75) is 13.3 Å². The first-order chi connectivity index (χ1) is 13.9. The first-order valence-corrected chi connectivity index (χ1v) is 9.77. The Morgan fingerprint density at radius 3 is 2.66 bits per heavy atom. The Hall–Kier alpha value is -2.97. The smallest absolute Gasteiger partial charge is 0.258 e. The van der Waals surface area contributed by atoms with Gasteiger partial charge in [0.2, 0.25) is 5.91 Å². The lowest BCUT2D eigenvalue weighted by Gasteiger charge is -2.13. The number of thiazole rings is 1. The van der Waals surface area contributed by atoms with Crippen LogP contribution in [0.15, 0.2) is 41.8 Å². The molecule has 150 valence electrons. The molecule has 0 saturated carbocycles. The first-order valence-electron chi connectivity index (χ1n) is 8.51. The highest BCUT2D eigenvalue weighted by atomic mass is 35.5. The summed E-state index contributed by atoms with van der Waals surface area (Å²) in [4.78, 5) is 29.0. The van der Waals surface area contributed by atoms with Gasteiger partial charge in [0.1, 0.15) is 11.6 Å². The average molecular weight is 434 g/mol. The van der Waals surface area contributed by atoms with Gasteiger partial charge in [-0.2, -0.15) is 0 Å². The molecule has 2 aromatic carbocycles. The molecular weight excluding hydrogens is 417 g/mol. The molecule has 0 unspecified atom stereocenters. The summed E-state index contributed by atoms with van der Waals surface area (Å²) in [6, 6.07) is 8.55. The van der Waals surface area contributed by atoms with Crippen molar-refractivity contribution in [3.8, 4) is 5.75 Å². The Bertz CT molecular complexity index is 1070. The van der Waals surface area contributed by atoms with E-state index in [1.807, 2.05) is 12.3 Å². The lowest BCUT2D eigenvalue weighted by Crippen LogP contribution is -2.16. The summed E-state index contributed by atoms with van der Waals surface area (Å²) < 4.78 is 19.2. The number of aromatic nitrogens is 1. The average Bonchev–Trinajstić information content (AvgIpc) is 3.06. The zero-order valence-electron chi connectivity index (χ0n) is 15.6. The maximum Gasteiger partial charge on any atom is 0.258 e. The monoisotopic (exact) mass is 433 g/mol. The van der Waals surface area contributed by atoms with Crippen molar-refractivity contribution in [3.63, 3.8) is 0 Å². The van der Waals surface area contributed by atoms with Crippen LogP contribution in [-0.4, -0.2) is 23.9 Å². The molecule has 6 nitrogen and oxygen atoms in total. The number of carbonyl (C=O) groups excluding carboxylic acids is 2. The van der Waals surface area contributed by atoms with E-state index in [1.165, 1.54) is 36.6 Å². The molecule has 0 aliphatic heterocycles. The number of nitrogens with one attached hydrogen (secondary N) is 2. The number of rotatable bonds is 6. The summed E-state index contributed by atoms with van der Waals surface area (Å²) in [5.41, 5.74) is 1.26. The van der Waals surface area contributed by atoms with Gasteiger partial charge in [-0.25, -0.2) is 9.37 Å². The number of nitrogens with zero attached hydrogens (tertiary/aromatic N) is 1. The Balaban J connectivity index is 1.76. The van der Waals surface area contributed by atoms with Gasteiger partial charge in [-0.1, -0.05) is 11.6 Å². The number of aryl methyl sites for hydroxylation is 1. The highest BCUT2D eigenvalue weighted by molar-refractivity contribution is 7.09. The van der Waals surface area contributed by atoms with E-state index in [2.05, 4.69) is 15.6 Å². The zero-order valence-corrected chi connectivity index (χ0v) is 17.2. The molecule has 29 heavy (non-hydrogen) atoms. The first kappa shape index (κ1) is 20.8. The second-order valence-corrected chi connectivity index (χ2v) is 7.57. The van der Waals surface area contributed by atoms with Crippen molar-refractivity contribution >= 4 is 46.1 Å². The van der Waals surface area contributed by atoms with Crippen LogP contribution in [0.25, 0.3) is 0 Å². The molecule has 0 aliphatic rings. The van der Waals surface area contributed by atoms with Crippen molar-refractivity contribution in [3.05, 3.63) is 68.9 Å². The second-order valence-electron chi connectivity index (χ2n) is 6.08. The van der Waals surface area contributed by atoms with Gasteiger partial charge < -0.3 is 15.4 Å². The van der Waals surface area contributed by atoms with Crippen molar-refractivity contribution < 1.29 is 18.7 Å². The number of amides is 2. The predicted molar refractivity (Wildman–Crippen MR) is 112 cm³/mol. The molecule has 3 aromatic rings. The summed E-state index contributed by atoms with van der Waals surface area (Å²) in [7, 11) is 1.44. The Morgan fingerprint density at radius 2 is 2.00 bits per heavy atom. The Labute approximate surface area is 175 Å². The number of ether oxygens (including phenoxy) is 1. The number of benzene rings is 2. The minimum Gasteiger partial charge on any atom is -0.495 e. The van der Waals surface area contributed by atoms with Gasteiger partial charge in [0.15, 0.2) is 0 Å². The van der Waals surface area contributed by atoms with Crippen molar-refractivity contribution in [2.24, 2.45) is 0 Å². The zero-order chi connectivity index (χ0) is 21.0. The SMILES string of the molecule is COc1ccc(NC(=O)Cc2csc(C)n2)cc1NC(=O)c1ccc(Cl)cc1F. The molecular formula is C20H17ClFN3O3S. The molecule has 2 amide bonds. The lowest BCUT2D eigenvalue weighted by atomic mass is 10.2. The van der Waals surface area contributed by atoms with Crippen LogP contribution in [-0.2, 0) is 11.2 Å².